The summed E-state index contributed by atoms with van der Waals surface area (Å²) >= 11 is 0. The average Bonchev–Trinajstić information content (AvgIpc) is 2.04. The summed E-state index contributed by atoms with van der Waals surface area (Å²) in [5.41, 5.74) is 0. The average molecular weight is 172 g/mol. The molecule has 0 aliphatic rings. The molecule has 0 saturated heterocycles. The number of hydrogen-bond acceptors (Lipinski definition) is 3. The SMILES string of the molecule is COc1ccccc1[SH](=O)=O. The molecule has 1 aromatic carbocycles. The lowest BCUT2D eigenvalue weighted by Crippen LogP contribution is -1.88. The van der Waals surface area contributed by atoms with Crippen molar-refractivity contribution in [1.29, 1.82) is 0 Å². The molecule has 0 fully saturated rings. The molecule has 60 valence electrons. The molecule has 0 atom stereocenters. The summed E-state index contributed by atoms with van der Waals surface area (Å²) in [6, 6.07) is 6.50. The molecule has 11 heavy (non-hydrogen) atoms. The molecule has 0 amide bonds. The molecule has 1 rings (SSSR count). The van der Waals surface area contributed by atoms with Crippen molar-refractivity contribution in [3.05, 3.63) is 24.3 Å². The highest BCUT2D eigenvalue weighted by Crippen LogP contribution is 2.17. The number of rotatable bonds is 2. The lowest BCUT2D eigenvalue weighted by atomic mass is 10.3. The van der Waals surface area contributed by atoms with Gasteiger partial charge in [-0.15, -0.1) is 0 Å². The van der Waals surface area contributed by atoms with Crippen molar-refractivity contribution in [1.82, 2.24) is 0 Å². The maximum atomic E-state index is 10.5. The zero-order valence-corrected chi connectivity index (χ0v) is 6.88. The van der Waals surface area contributed by atoms with Gasteiger partial charge in [0.25, 0.3) is 0 Å². The molecule has 0 spiro atoms. The highest BCUT2D eigenvalue weighted by atomic mass is 32.2. The fraction of sp³-hybridized carbons (Fsp3) is 0.143. The molecular formula is C7H8O3S. The van der Waals surface area contributed by atoms with Gasteiger partial charge in [-0.1, -0.05) is 12.1 Å². The molecule has 0 bridgehead atoms. The Morgan fingerprint density at radius 3 is 2.36 bits per heavy atom. The molecule has 0 N–H and O–H groups in total. The number of para-hydroxylation sites is 1. The van der Waals surface area contributed by atoms with Gasteiger partial charge in [0, 0.05) is 0 Å². The highest BCUT2D eigenvalue weighted by Gasteiger charge is 2.01. The Kier molecular flexibility index (Phi) is 2.48. The van der Waals surface area contributed by atoms with Crippen LogP contribution in [0, 0.1) is 0 Å². The second-order valence-electron chi connectivity index (χ2n) is 1.93. The predicted octanol–water partition coefficient (Wildman–Crippen LogP) is 0.665. The lowest BCUT2D eigenvalue weighted by molar-refractivity contribution is 0.403. The molecule has 0 saturated carbocycles. The maximum absolute atomic E-state index is 10.5. The van der Waals surface area contributed by atoms with Crippen molar-refractivity contribution in [2.24, 2.45) is 0 Å². The van der Waals surface area contributed by atoms with E-state index < -0.39 is 10.7 Å². The van der Waals surface area contributed by atoms with Crippen molar-refractivity contribution in [2.75, 3.05) is 7.11 Å². The molecule has 0 aliphatic heterocycles. The van der Waals surface area contributed by atoms with Crippen LogP contribution < -0.4 is 4.74 Å². The third kappa shape index (κ3) is 1.71. The van der Waals surface area contributed by atoms with Crippen LogP contribution in [0.4, 0.5) is 0 Å². The van der Waals surface area contributed by atoms with Gasteiger partial charge in [0.05, 0.1) is 7.11 Å². The van der Waals surface area contributed by atoms with Crippen molar-refractivity contribution in [3.8, 4) is 5.75 Å². The standard InChI is InChI=1S/C7H8O3S/c1-10-6-4-2-3-5-7(6)11(8)9/h2-5,11H,1H3. The Balaban J connectivity index is 3.23. The zero-order valence-electron chi connectivity index (χ0n) is 5.98. The van der Waals surface area contributed by atoms with E-state index >= 15 is 0 Å². The Labute approximate surface area is 66.6 Å². The second-order valence-corrected chi connectivity index (χ2v) is 2.92. The Morgan fingerprint density at radius 2 is 1.91 bits per heavy atom. The van der Waals surface area contributed by atoms with E-state index in [1.807, 2.05) is 0 Å². The van der Waals surface area contributed by atoms with E-state index in [0.29, 0.717) is 5.75 Å². The number of methoxy groups -OCH3 is 1. The summed E-state index contributed by atoms with van der Waals surface area (Å²) in [6.45, 7) is 0. The summed E-state index contributed by atoms with van der Waals surface area (Å²) < 4.78 is 25.9. The molecule has 0 aromatic heterocycles. The first kappa shape index (κ1) is 8.07. The fourth-order valence-corrected chi connectivity index (χ4v) is 1.33. The lowest BCUT2D eigenvalue weighted by Gasteiger charge is -2.00. The zero-order chi connectivity index (χ0) is 8.27. The Morgan fingerprint density at radius 1 is 1.27 bits per heavy atom. The number of thiol groups is 1. The smallest absolute Gasteiger partial charge is 0.171 e. The van der Waals surface area contributed by atoms with E-state index in [1.165, 1.54) is 13.2 Å². The van der Waals surface area contributed by atoms with Crippen LogP contribution in [0.3, 0.4) is 0 Å². The second kappa shape index (κ2) is 3.39. The summed E-state index contributed by atoms with van der Waals surface area (Å²) in [5.74, 6) is 0.392. The molecule has 3 nitrogen and oxygen atoms in total. The van der Waals surface area contributed by atoms with E-state index in [9.17, 15) is 8.42 Å². The van der Waals surface area contributed by atoms with Gasteiger partial charge in [0.15, 0.2) is 10.7 Å². The van der Waals surface area contributed by atoms with Crippen LogP contribution in [0.15, 0.2) is 29.2 Å². The van der Waals surface area contributed by atoms with Crippen molar-refractivity contribution in [3.63, 3.8) is 0 Å². The van der Waals surface area contributed by atoms with Gasteiger partial charge in [-0.2, -0.15) is 0 Å². The van der Waals surface area contributed by atoms with Crippen LogP contribution in [0.5, 0.6) is 5.75 Å². The first-order chi connectivity index (χ1) is 5.25. The van der Waals surface area contributed by atoms with E-state index in [4.69, 9.17) is 4.74 Å². The summed E-state index contributed by atoms with van der Waals surface area (Å²) in [7, 11) is -1.11. The van der Waals surface area contributed by atoms with Gasteiger partial charge >= 0.3 is 0 Å². The first-order valence-corrected chi connectivity index (χ1v) is 4.21. The monoisotopic (exact) mass is 172 g/mol. The van der Waals surface area contributed by atoms with Gasteiger partial charge in [0.2, 0.25) is 0 Å². The fourth-order valence-electron chi connectivity index (χ4n) is 0.781. The van der Waals surface area contributed by atoms with E-state index in [1.54, 1.807) is 18.2 Å². The minimum absolute atomic E-state index is 0.227. The molecule has 0 heterocycles. The normalized spacial score (nSPS) is 10.0. The van der Waals surface area contributed by atoms with Crippen molar-refractivity contribution < 1.29 is 13.2 Å². The summed E-state index contributed by atoms with van der Waals surface area (Å²) in [4.78, 5) is 0.227. The Hall–Kier alpha value is -1.03. The number of ether oxygens (including phenoxy) is 1. The largest absolute Gasteiger partial charge is 0.495 e. The van der Waals surface area contributed by atoms with Crippen molar-refractivity contribution in [2.45, 2.75) is 4.90 Å². The molecule has 1 aromatic rings. The molecule has 0 aliphatic carbocycles. The van der Waals surface area contributed by atoms with Gasteiger partial charge < -0.3 is 4.74 Å². The van der Waals surface area contributed by atoms with Crippen LogP contribution in [-0.2, 0) is 10.7 Å². The molecule has 4 heteroatoms. The number of benzene rings is 1. The van der Waals surface area contributed by atoms with Gasteiger partial charge in [0.1, 0.15) is 10.6 Å². The van der Waals surface area contributed by atoms with E-state index in [0.717, 1.165) is 0 Å². The minimum Gasteiger partial charge on any atom is -0.495 e. The first-order valence-electron chi connectivity index (χ1n) is 3.03. The third-order valence-corrected chi connectivity index (χ3v) is 2.04. The Bertz CT molecular complexity index is 309. The van der Waals surface area contributed by atoms with E-state index in [2.05, 4.69) is 0 Å². The van der Waals surface area contributed by atoms with Crippen LogP contribution in [0.2, 0.25) is 0 Å². The molecule has 0 unspecified atom stereocenters. The van der Waals surface area contributed by atoms with Gasteiger partial charge in [-0.25, -0.2) is 8.42 Å². The number of hydrogen-bond donors (Lipinski definition) is 1. The molecular weight excluding hydrogens is 164 g/mol. The van der Waals surface area contributed by atoms with Gasteiger partial charge in [-0.05, 0) is 12.1 Å². The van der Waals surface area contributed by atoms with Crippen LogP contribution in [0.1, 0.15) is 0 Å². The highest BCUT2D eigenvalue weighted by molar-refractivity contribution is 7.72. The predicted molar refractivity (Wildman–Crippen MR) is 41.6 cm³/mol. The topological polar surface area (TPSA) is 43.4 Å². The summed E-state index contributed by atoms with van der Waals surface area (Å²) in [5, 5.41) is 0. The van der Waals surface area contributed by atoms with Crippen LogP contribution >= 0.6 is 0 Å². The maximum Gasteiger partial charge on any atom is 0.171 e. The molecule has 0 radical (unpaired) electrons. The minimum atomic E-state index is -2.55. The van der Waals surface area contributed by atoms with E-state index in [-0.39, 0.29) is 4.90 Å². The third-order valence-electron chi connectivity index (χ3n) is 1.28. The van der Waals surface area contributed by atoms with Crippen LogP contribution in [0.25, 0.3) is 0 Å². The van der Waals surface area contributed by atoms with Crippen LogP contribution in [-0.4, -0.2) is 15.5 Å². The quantitative estimate of drug-likeness (QED) is 0.666. The summed E-state index contributed by atoms with van der Waals surface area (Å²) in [6.07, 6.45) is 0. The van der Waals surface area contributed by atoms with Gasteiger partial charge in [-0.3, -0.25) is 0 Å². The van der Waals surface area contributed by atoms with Crippen molar-refractivity contribution >= 4 is 10.7 Å².